The van der Waals surface area contributed by atoms with Gasteiger partial charge in [-0.1, -0.05) is 54.6 Å². The highest BCUT2D eigenvalue weighted by molar-refractivity contribution is 5.91. The van der Waals surface area contributed by atoms with Gasteiger partial charge in [-0.15, -0.1) is 0 Å². The summed E-state index contributed by atoms with van der Waals surface area (Å²) in [5.74, 6) is 1.68. The predicted octanol–water partition coefficient (Wildman–Crippen LogP) is 7.12. The Morgan fingerprint density at radius 3 is 2.55 bits per heavy atom. The van der Waals surface area contributed by atoms with E-state index in [2.05, 4.69) is 80.7 Å². The fraction of sp³-hybridized carbons (Fsp3) is 0.214. The molecule has 3 heteroatoms. The Morgan fingerprint density at radius 1 is 0.968 bits per heavy atom. The zero-order valence-corrected chi connectivity index (χ0v) is 18.4. The molecule has 0 saturated heterocycles. The van der Waals surface area contributed by atoms with Crippen molar-refractivity contribution in [2.75, 3.05) is 12.4 Å². The Labute approximate surface area is 184 Å². The second-order valence-electron chi connectivity index (χ2n) is 8.77. The molecule has 31 heavy (non-hydrogen) atoms. The standard InChI is InChI=1S/C28H27NO2/c1-18-17-28(2,3)29-21-15-14-20-26-22(30-4)11-8-12-23(26)31-24(27(20)25(18)21)16-13-19-9-6-5-7-10-19/h5-17,24,29H,1-4H3. The fourth-order valence-corrected chi connectivity index (χ4v) is 4.80. The van der Waals surface area contributed by atoms with Crippen molar-refractivity contribution in [3.8, 4) is 22.6 Å². The van der Waals surface area contributed by atoms with Crippen LogP contribution in [0.4, 0.5) is 5.69 Å². The van der Waals surface area contributed by atoms with Crippen LogP contribution in [0.2, 0.25) is 0 Å². The lowest BCUT2D eigenvalue weighted by Gasteiger charge is -2.36. The normalized spacial score (nSPS) is 18.2. The lowest BCUT2D eigenvalue weighted by atomic mass is 9.81. The number of hydrogen-bond acceptors (Lipinski definition) is 3. The third-order valence-corrected chi connectivity index (χ3v) is 5.95. The van der Waals surface area contributed by atoms with Crippen LogP contribution in [0.5, 0.6) is 11.5 Å². The highest BCUT2D eigenvalue weighted by atomic mass is 16.5. The Hall–Kier alpha value is -3.46. The third kappa shape index (κ3) is 3.40. The number of fused-ring (bicyclic) bond motifs is 5. The molecule has 1 unspecified atom stereocenters. The van der Waals surface area contributed by atoms with Crippen LogP contribution in [0.15, 0.2) is 72.8 Å². The van der Waals surface area contributed by atoms with Gasteiger partial charge in [-0.25, -0.2) is 0 Å². The molecule has 5 rings (SSSR count). The summed E-state index contributed by atoms with van der Waals surface area (Å²) >= 11 is 0. The van der Waals surface area contributed by atoms with Crippen LogP contribution in [0, 0.1) is 0 Å². The molecule has 3 nitrogen and oxygen atoms in total. The van der Waals surface area contributed by atoms with Crippen molar-refractivity contribution in [1.29, 1.82) is 0 Å². The number of benzene rings is 3. The van der Waals surface area contributed by atoms with E-state index in [1.54, 1.807) is 7.11 Å². The summed E-state index contributed by atoms with van der Waals surface area (Å²) < 4.78 is 12.3. The van der Waals surface area contributed by atoms with Gasteiger partial charge in [-0.3, -0.25) is 0 Å². The summed E-state index contributed by atoms with van der Waals surface area (Å²) in [4.78, 5) is 0. The second-order valence-corrected chi connectivity index (χ2v) is 8.77. The lowest BCUT2D eigenvalue weighted by molar-refractivity contribution is 0.250. The molecule has 0 bridgehead atoms. The fourth-order valence-electron chi connectivity index (χ4n) is 4.80. The van der Waals surface area contributed by atoms with Gasteiger partial charge in [0.15, 0.2) is 0 Å². The van der Waals surface area contributed by atoms with Gasteiger partial charge in [0.1, 0.15) is 17.6 Å². The smallest absolute Gasteiger partial charge is 0.144 e. The van der Waals surface area contributed by atoms with Crippen LogP contribution in [0.3, 0.4) is 0 Å². The number of allylic oxidation sites excluding steroid dienone is 1. The molecule has 2 heterocycles. The number of ether oxygens (including phenoxy) is 2. The minimum absolute atomic E-state index is 0.0915. The molecule has 0 radical (unpaired) electrons. The maximum atomic E-state index is 6.57. The number of hydrogen-bond donors (Lipinski definition) is 1. The molecular weight excluding hydrogens is 382 g/mol. The second kappa shape index (κ2) is 7.35. The SMILES string of the molecule is COc1cccc2c1-c1ccc3c(c1C(C=Cc1ccccc1)O2)C(C)=CC(C)(C)N3. The van der Waals surface area contributed by atoms with Crippen LogP contribution in [0.1, 0.15) is 43.6 Å². The molecule has 2 aliphatic heterocycles. The summed E-state index contributed by atoms with van der Waals surface area (Å²) in [7, 11) is 1.71. The lowest BCUT2D eigenvalue weighted by Crippen LogP contribution is -2.32. The van der Waals surface area contributed by atoms with E-state index < -0.39 is 0 Å². The van der Waals surface area contributed by atoms with Crippen molar-refractivity contribution in [2.24, 2.45) is 0 Å². The number of nitrogens with one attached hydrogen (secondary N) is 1. The van der Waals surface area contributed by atoms with Crippen molar-refractivity contribution in [3.63, 3.8) is 0 Å². The molecule has 3 aromatic carbocycles. The Morgan fingerprint density at radius 2 is 1.77 bits per heavy atom. The van der Waals surface area contributed by atoms with Crippen LogP contribution >= 0.6 is 0 Å². The van der Waals surface area contributed by atoms with E-state index >= 15 is 0 Å². The van der Waals surface area contributed by atoms with Crippen molar-refractivity contribution < 1.29 is 9.47 Å². The first kappa shape index (κ1) is 19.5. The van der Waals surface area contributed by atoms with Gasteiger partial charge in [0, 0.05) is 16.8 Å². The summed E-state index contributed by atoms with van der Waals surface area (Å²) in [6, 6.07) is 20.7. The molecule has 1 N–H and O–H groups in total. The third-order valence-electron chi connectivity index (χ3n) is 5.95. The van der Waals surface area contributed by atoms with E-state index in [1.807, 2.05) is 24.3 Å². The molecule has 1 atom stereocenters. The molecule has 0 saturated carbocycles. The summed E-state index contributed by atoms with van der Waals surface area (Å²) in [5.41, 5.74) is 8.04. The zero-order valence-electron chi connectivity index (χ0n) is 18.4. The van der Waals surface area contributed by atoms with Gasteiger partial charge in [0.25, 0.3) is 0 Å². The minimum atomic E-state index is -0.198. The first-order valence-electron chi connectivity index (χ1n) is 10.7. The first-order valence-corrected chi connectivity index (χ1v) is 10.7. The van der Waals surface area contributed by atoms with E-state index in [9.17, 15) is 0 Å². The average molecular weight is 410 g/mol. The maximum Gasteiger partial charge on any atom is 0.144 e. The largest absolute Gasteiger partial charge is 0.496 e. The van der Waals surface area contributed by atoms with E-state index in [1.165, 1.54) is 16.7 Å². The van der Waals surface area contributed by atoms with E-state index in [0.29, 0.717) is 0 Å². The molecule has 0 spiro atoms. The topological polar surface area (TPSA) is 30.5 Å². The van der Waals surface area contributed by atoms with Gasteiger partial charge >= 0.3 is 0 Å². The van der Waals surface area contributed by atoms with Crippen LogP contribution < -0.4 is 14.8 Å². The molecule has 0 fully saturated rings. The Balaban J connectivity index is 1.73. The minimum Gasteiger partial charge on any atom is -0.496 e. The van der Waals surface area contributed by atoms with Gasteiger partial charge in [-0.05, 0) is 61.7 Å². The van der Waals surface area contributed by atoms with E-state index in [4.69, 9.17) is 9.47 Å². The van der Waals surface area contributed by atoms with Gasteiger partial charge in [-0.2, -0.15) is 0 Å². The van der Waals surface area contributed by atoms with Gasteiger partial charge in [0.2, 0.25) is 0 Å². The molecule has 0 aliphatic carbocycles. The van der Waals surface area contributed by atoms with Crippen LogP contribution in [-0.2, 0) is 0 Å². The van der Waals surface area contributed by atoms with E-state index in [-0.39, 0.29) is 11.6 Å². The predicted molar refractivity (Wildman–Crippen MR) is 129 cm³/mol. The molecule has 0 aromatic heterocycles. The average Bonchev–Trinajstić information content (AvgIpc) is 2.76. The first-order chi connectivity index (χ1) is 15.0. The summed E-state index contributed by atoms with van der Waals surface area (Å²) in [5, 5.41) is 3.68. The van der Waals surface area contributed by atoms with Crippen molar-refractivity contribution in [1.82, 2.24) is 0 Å². The molecule has 2 aliphatic rings. The van der Waals surface area contributed by atoms with Crippen molar-refractivity contribution in [2.45, 2.75) is 32.4 Å². The molecule has 0 amide bonds. The van der Waals surface area contributed by atoms with Gasteiger partial charge < -0.3 is 14.8 Å². The quantitative estimate of drug-likeness (QED) is 0.500. The highest BCUT2D eigenvalue weighted by Crippen LogP contribution is 2.52. The van der Waals surface area contributed by atoms with Crippen molar-refractivity contribution in [3.05, 3.63) is 89.5 Å². The molecular formula is C28H27NO2. The van der Waals surface area contributed by atoms with Crippen molar-refractivity contribution >= 4 is 17.3 Å². The monoisotopic (exact) mass is 409 g/mol. The molecule has 156 valence electrons. The number of anilines is 1. The summed E-state index contributed by atoms with van der Waals surface area (Å²) in [6.07, 6.45) is 6.39. The zero-order chi connectivity index (χ0) is 21.6. The number of methoxy groups -OCH3 is 1. The van der Waals surface area contributed by atoms with Gasteiger partial charge in [0.05, 0.1) is 18.2 Å². The van der Waals surface area contributed by atoms with Crippen LogP contribution in [-0.4, -0.2) is 12.6 Å². The molecule has 3 aromatic rings. The Bertz CT molecular complexity index is 1210. The maximum absolute atomic E-state index is 6.57. The van der Waals surface area contributed by atoms with Crippen LogP contribution in [0.25, 0.3) is 22.8 Å². The summed E-state index contributed by atoms with van der Waals surface area (Å²) in [6.45, 7) is 6.58. The Kier molecular flexibility index (Phi) is 4.62. The highest BCUT2D eigenvalue weighted by Gasteiger charge is 2.33. The van der Waals surface area contributed by atoms with E-state index in [0.717, 1.165) is 33.9 Å². The number of rotatable bonds is 3.